The van der Waals surface area contributed by atoms with Crippen molar-refractivity contribution in [3.8, 4) is 27.8 Å². The van der Waals surface area contributed by atoms with Gasteiger partial charge in [0.2, 0.25) is 5.91 Å². The molecule has 164 valence electrons. The molecule has 9 nitrogen and oxygen atoms in total. The van der Waals surface area contributed by atoms with Gasteiger partial charge in [-0.05, 0) is 53.7 Å². The van der Waals surface area contributed by atoms with E-state index >= 15 is 0 Å². The molecule has 0 bridgehead atoms. The molecule has 0 unspecified atom stereocenters. The Hall–Kier alpha value is -3.86. The molecule has 0 aliphatic carbocycles. The first-order chi connectivity index (χ1) is 15.5. The van der Waals surface area contributed by atoms with Gasteiger partial charge in [0.05, 0.1) is 37.7 Å². The minimum Gasteiger partial charge on any atom is -0.493 e. The van der Waals surface area contributed by atoms with Gasteiger partial charge in [0.1, 0.15) is 10.8 Å². The quantitative estimate of drug-likeness (QED) is 0.456. The van der Waals surface area contributed by atoms with Crippen molar-refractivity contribution in [1.82, 2.24) is 25.2 Å². The van der Waals surface area contributed by atoms with Crippen molar-refractivity contribution in [2.24, 2.45) is 0 Å². The number of ether oxygens (including phenoxy) is 2. The third-order valence-electron chi connectivity index (χ3n) is 4.62. The van der Waals surface area contributed by atoms with Crippen molar-refractivity contribution >= 4 is 22.9 Å². The fourth-order valence-electron chi connectivity index (χ4n) is 3.06. The number of anilines is 1. The predicted octanol–water partition coefficient (Wildman–Crippen LogP) is 3.43. The van der Waals surface area contributed by atoms with Crippen LogP contribution in [0.4, 0.5) is 10.1 Å². The van der Waals surface area contributed by atoms with Crippen LogP contribution in [0.5, 0.6) is 11.5 Å². The standard InChI is InChI=1S/C21H19FN6O3S/c1-12-25-26-27-28(12)15-5-6-16(22)17(10-15)24-20(29)9-14-11-32-21(23-14)13-4-7-18(30-2)19(8-13)31-3/h4-8,10-11H,9H2,1-3H3,(H,24,29). The number of hydrogen-bond acceptors (Lipinski definition) is 8. The second kappa shape index (κ2) is 9.10. The molecule has 0 radical (unpaired) electrons. The van der Waals surface area contributed by atoms with Gasteiger partial charge in [-0.1, -0.05) is 0 Å². The van der Waals surface area contributed by atoms with E-state index in [4.69, 9.17) is 9.47 Å². The van der Waals surface area contributed by atoms with Crippen LogP contribution in [0.3, 0.4) is 0 Å². The van der Waals surface area contributed by atoms with Crippen molar-refractivity contribution in [1.29, 1.82) is 0 Å². The molecule has 2 heterocycles. The average molecular weight is 454 g/mol. The lowest BCUT2D eigenvalue weighted by molar-refractivity contribution is -0.115. The number of rotatable bonds is 7. The molecular weight excluding hydrogens is 435 g/mol. The Balaban J connectivity index is 1.48. The molecule has 0 saturated heterocycles. The lowest BCUT2D eigenvalue weighted by Gasteiger charge is -2.09. The lowest BCUT2D eigenvalue weighted by Crippen LogP contribution is -2.16. The molecule has 4 rings (SSSR count). The number of benzene rings is 2. The molecule has 4 aromatic rings. The molecule has 1 N–H and O–H groups in total. The Morgan fingerprint density at radius 1 is 1.16 bits per heavy atom. The minimum absolute atomic E-state index is 0.00261. The highest BCUT2D eigenvalue weighted by atomic mass is 32.1. The van der Waals surface area contributed by atoms with Crippen LogP contribution in [0, 0.1) is 12.7 Å². The summed E-state index contributed by atoms with van der Waals surface area (Å²) in [6, 6.07) is 9.75. The predicted molar refractivity (Wildman–Crippen MR) is 117 cm³/mol. The largest absolute Gasteiger partial charge is 0.493 e. The number of nitrogens with zero attached hydrogens (tertiary/aromatic N) is 5. The number of hydrogen-bond donors (Lipinski definition) is 1. The number of halogens is 1. The van der Waals surface area contributed by atoms with Crippen LogP contribution >= 0.6 is 11.3 Å². The summed E-state index contributed by atoms with van der Waals surface area (Å²) in [5.74, 6) is 0.802. The Morgan fingerprint density at radius 2 is 1.97 bits per heavy atom. The van der Waals surface area contributed by atoms with Gasteiger partial charge in [0.15, 0.2) is 17.3 Å². The van der Waals surface area contributed by atoms with Gasteiger partial charge in [-0.2, -0.15) is 4.68 Å². The zero-order chi connectivity index (χ0) is 22.7. The number of amides is 1. The summed E-state index contributed by atoms with van der Waals surface area (Å²) in [6.07, 6.45) is -0.00261. The fraction of sp³-hybridized carbons (Fsp3) is 0.190. The second-order valence-electron chi connectivity index (χ2n) is 6.74. The van der Waals surface area contributed by atoms with Gasteiger partial charge in [-0.25, -0.2) is 9.37 Å². The van der Waals surface area contributed by atoms with Crippen LogP contribution in [0.1, 0.15) is 11.5 Å². The van der Waals surface area contributed by atoms with Crippen LogP contribution in [0.25, 0.3) is 16.3 Å². The molecule has 32 heavy (non-hydrogen) atoms. The zero-order valence-electron chi connectivity index (χ0n) is 17.5. The Labute approximate surface area is 186 Å². The summed E-state index contributed by atoms with van der Waals surface area (Å²) in [7, 11) is 3.13. The van der Waals surface area contributed by atoms with E-state index < -0.39 is 11.7 Å². The summed E-state index contributed by atoms with van der Waals surface area (Å²) < 4.78 is 26.3. The maximum Gasteiger partial charge on any atom is 0.230 e. The molecule has 0 spiro atoms. The van der Waals surface area contributed by atoms with E-state index in [-0.39, 0.29) is 12.1 Å². The number of aromatic nitrogens is 5. The first kappa shape index (κ1) is 21.4. The molecule has 2 aromatic carbocycles. The third-order valence-corrected chi connectivity index (χ3v) is 5.56. The minimum atomic E-state index is -0.558. The van der Waals surface area contributed by atoms with E-state index in [0.717, 1.165) is 10.6 Å². The van der Waals surface area contributed by atoms with Crippen LogP contribution in [-0.2, 0) is 11.2 Å². The number of carbonyl (C=O) groups excluding carboxylic acids is 1. The van der Waals surface area contributed by atoms with Gasteiger partial charge in [-0.3, -0.25) is 4.79 Å². The highest BCUT2D eigenvalue weighted by molar-refractivity contribution is 7.13. The van der Waals surface area contributed by atoms with Gasteiger partial charge < -0.3 is 14.8 Å². The van der Waals surface area contributed by atoms with E-state index in [2.05, 4.69) is 25.8 Å². The summed E-state index contributed by atoms with van der Waals surface area (Å²) in [5.41, 5.74) is 1.99. The molecule has 0 saturated carbocycles. The van der Waals surface area contributed by atoms with Gasteiger partial charge >= 0.3 is 0 Å². The summed E-state index contributed by atoms with van der Waals surface area (Å²) >= 11 is 1.40. The number of carbonyl (C=O) groups is 1. The number of tetrazole rings is 1. The Bertz CT molecular complexity index is 1270. The second-order valence-corrected chi connectivity index (χ2v) is 7.60. The van der Waals surface area contributed by atoms with Crippen molar-refractivity contribution in [2.75, 3.05) is 19.5 Å². The molecule has 1 amide bonds. The Kier molecular flexibility index (Phi) is 6.08. The van der Waals surface area contributed by atoms with Crippen molar-refractivity contribution in [2.45, 2.75) is 13.3 Å². The maximum absolute atomic E-state index is 14.3. The zero-order valence-corrected chi connectivity index (χ0v) is 18.3. The highest BCUT2D eigenvalue weighted by Gasteiger charge is 2.14. The summed E-state index contributed by atoms with van der Waals surface area (Å²) in [5, 5.41) is 16.4. The summed E-state index contributed by atoms with van der Waals surface area (Å²) in [4.78, 5) is 17.1. The lowest BCUT2D eigenvalue weighted by atomic mass is 10.2. The number of methoxy groups -OCH3 is 2. The Morgan fingerprint density at radius 3 is 2.69 bits per heavy atom. The molecule has 11 heteroatoms. The van der Waals surface area contributed by atoms with Crippen molar-refractivity contribution in [3.05, 3.63) is 59.1 Å². The first-order valence-corrected chi connectivity index (χ1v) is 10.4. The van der Waals surface area contributed by atoms with Gasteiger partial charge in [0, 0.05) is 10.9 Å². The topological polar surface area (TPSA) is 104 Å². The van der Waals surface area contributed by atoms with E-state index in [1.54, 1.807) is 32.6 Å². The first-order valence-electron chi connectivity index (χ1n) is 9.50. The van der Waals surface area contributed by atoms with Crippen molar-refractivity contribution in [3.63, 3.8) is 0 Å². The number of nitrogens with one attached hydrogen (secondary N) is 1. The number of aryl methyl sites for hydroxylation is 1. The van der Waals surface area contributed by atoms with E-state index in [1.807, 2.05) is 12.1 Å². The average Bonchev–Trinajstić information content (AvgIpc) is 3.43. The van der Waals surface area contributed by atoms with E-state index in [9.17, 15) is 9.18 Å². The normalized spacial score (nSPS) is 10.8. The van der Waals surface area contributed by atoms with E-state index in [0.29, 0.717) is 28.7 Å². The van der Waals surface area contributed by atoms with Gasteiger partial charge in [0.25, 0.3) is 0 Å². The van der Waals surface area contributed by atoms with Crippen molar-refractivity contribution < 1.29 is 18.7 Å². The number of thiazole rings is 1. The van der Waals surface area contributed by atoms with Crippen LogP contribution in [-0.4, -0.2) is 45.3 Å². The molecule has 0 aliphatic heterocycles. The molecule has 2 aromatic heterocycles. The van der Waals surface area contributed by atoms with Crippen LogP contribution in [0.2, 0.25) is 0 Å². The molecule has 0 atom stereocenters. The smallest absolute Gasteiger partial charge is 0.230 e. The van der Waals surface area contributed by atoms with Crippen LogP contribution < -0.4 is 14.8 Å². The monoisotopic (exact) mass is 454 g/mol. The van der Waals surface area contributed by atoms with Crippen LogP contribution in [0.15, 0.2) is 41.8 Å². The SMILES string of the molecule is COc1ccc(-c2nc(CC(=O)Nc3cc(-n4nnnc4C)ccc3F)cs2)cc1OC. The highest BCUT2D eigenvalue weighted by Crippen LogP contribution is 2.33. The molecule has 0 fully saturated rings. The molecule has 0 aliphatic rings. The fourth-order valence-corrected chi connectivity index (χ4v) is 3.88. The summed E-state index contributed by atoms with van der Waals surface area (Å²) in [6.45, 7) is 1.72. The third kappa shape index (κ3) is 4.42. The molecular formula is C21H19FN6O3S. The van der Waals surface area contributed by atoms with Gasteiger partial charge in [-0.15, -0.1) is 16.4 Å². The van der Waals surface area contributed by atoms with E-state index in [1.165, 1.54) is 34.2 Å². The maximum atomic E-state index is 14.3.